The first-order valence-corrected chi connectivity index (χ1v) is 9.44. The molecule has 25 heavy (non-hydrogen) atoms. The first kappa shape index (κ1) is 19.6. The summed E-state index contributed by atoms with van der Waals surface area (Å²) in [6, 6.07) is 3.36. The number of ether oxygens (including phenoxy) is 2. The summed E-state index contributed by atoms with van der Waals surface area (Å²) in [7, 11) is -1.09. The molecular weight excluding hydrogens is 351 g/mol. The van der Waals surface area contributed by atoms with E-state index in [1.807, 2.05) is 0 Å². The van der Waals surface area contributed by atoms with Gasteiger partial charge in [0.25, 0.3) is 0 Å². The maximum atomic E-state index is 13.5. The van der Waals surface area contributed by atoms with Crippen LogP contribution in [0, 0.1) is 11.7 Å². The third-order valence-electron chi connectivity index (χ3n) is 4.10. The Morgan fingerprint density at radius 1 is 1.40 bits per heavy atom. The number of nitrogens with one attached hydrogen (secondary N) is 1. The van der Waals surface area contributed by atoms with Crippen LogP contribution in [0.4, 0.5) is 4.39 Å². The standard InChI is InChI=1S/C16H23FN2O5S/c1-23-9-7-18-16(20)12-4-3-8-19(11-12)25(21,22)15-10-13(17)5-6-14(15)24-2/h5-6,10,12H,3-4,7-9,11H2,1-2H3,(H,18,20)/t12-/m1/s1. The zero-order valence-corrected chi connectivity index (χ0v) is 15.1. The number of halogens is 1. The van der Waals surface area contributed by atoms with Crippen LogP contribution in [0.5, 0.6) is 5.75 Å². The number of hydrogen-bond acceptors (Lipinski definition) is 5. The molecule has 1 aromatic rings. The predicted molar refractivity (Wildman–Crippen MR) is 89.3 cm³/mol. The lowest BCUT2D eigenvalue weighted by Gasteiger charge is -2.31. The summed E-state index contributed by atoms with van der Waals surface area (Å²) in [6.45, 7) is 1.10. The Balaban J connectivity index is 2.17. The molecule has 1 atom stereocenters. The third kappa shape index (κ3) is 4.68. The molecule has 0 radical (unpaired) electrons. The average Bonchev–Trinajstić information content (AvgIpc) is 2.62. The summed E-state index contributed by atoms with van der Waals surface area (Å²) in [4.78, 5) is 12.0. The largest absolute Gasteiger partial charge is 0.495 e. The van der Waals surface area contributed by atoms with Crippen LogP contribution in [-0.4, -0.2) is 59.1 Å². The topological polar surface area (TPSA) is 84.9 Å². The Morgan fingerprint density at radius 2 is 2.16 bits per heavy atom. The lowest BCUT2D eigenvalue weighted by molar-refractivity contribution is -0.126. The Labute approximate surface area is 147 Å². The molecule has 1 aliphatic rings. The molecule has 0 unspecified atom stereocenters. The molecule has 1 fully saturated rings. The van der Waals surface area contributed by atoms with Gasteiger partial charge in [0, 0.05) is 26.7 Å². The van der Waals surface area contributed by atoms with Gasteiger partial charge in [-0.15, -0.1) is 0 Å². The van der Waals surface area contributed by atoms with Crippen LogP contribution in [0.1, 0.15) is 12.8 Å². The number of carbonyl (C=O) groups excluding carboxylic acids is 1. The molecule has 140 valence electrons. The van der Waals surface area contributed by atoms with Gasteiger partial charge < -0.3 is 14.8 Å². The summed E-state index contributed by atoms with van der Waals surface area (Å²) in [5, 5.41) is 2.73. The Hall–Kier alpha value is -1.71. The second-order valence-electron chi connectivity index (χ2n) is 5.78. The second kappa shape index (κ2) is 8.59. The number of carbonyl (C=O) groups is 1. The van der Waals surface area contributed by atoms with Gasteiger partial charge in [-0.05, 0) is 31.0 Å². The Kier molecular flexibility index (Phi) is 6.74. The van der Waals surface area contributed by atoms with E-state index in [4.69, 9.17) is 9.47 Å². The normalized spacial score (nSPS) is 18.8. The minimum Gasteiger partial charge on any atom is -0.495 e. The van der Waals surface area contributed by atoms with Crippen LogP contribution in [-0.2, 0) is 19.6 Å². The molecule has 0 aromatic heterocycles. The lowest BCUT2D eigenvalue weighted by atomic mass is 9.99. The molecule has 2 rings (SSSR count). The van der Waals surface area contributed by atoms with E-state index in [0.29, 0.717) is 26.0 Å². The van der Waals surface area contributed by atoms with Crippen molar-refractivity contribution in [1.29, 1.82) is 0 Å². The van der Waals surface area contributed by atoms with Gasteiger partial charge in [-0.25, -0.2) is 12.8 Å². The number of rotatable bonds is 7. The van der Waals surface area contributed by atoms with Gasteiger partial charge in [-0.1, -0.05) is 0 Å². The maximum Gasteiger partial charge on any atom is 0.246 e. The summed E-state index contributed by atoms with van der Waals surface area (Å²) in [6.07, 6.45) is 1.16. The number of amides is 1. The van der Waals surface area contributed by atoms with Gasteiger partial charge in [0.1, 0.15) is 16.5 Å². The molecule has 0 saturated carbocycles. The fourth-order valence-electron chi connectivity index (χ4n) is 2.79. The molecule has 1 aromatic carbocycles. The van der Waals surface area contributed by atoms with E-state index >= 15 is 0 Å². The van der Waals surface area contributed by atoms with Crippen molar-refractivity contribution in [2.24, 2.45) is 5.92 Å². The highest BCUT2D eigenvalue weighted by molar-refractivity contribution is 7.89. The highest BCUT2D eigenvalue weighted by Crippen LogP contribution is 2.30. The minimum atomic E-state index is -3.96. The van der Waals surface area contributed by atoms with Crippen molar-refractivity contribution in [3.05, 3.63) is 24.0 Å². The summed E-state index contributed by atoms with van der Waals surface area (Å²) in [5.41, 5.74) is 0. The maximum absolute atomic E-state index is 13.5. The monoisotopic (exact) mass is 374 g/mol. The van der Waals surface area contributed by atoms with E-state index in [1.165, 1.54) is 24.6 Å². The number of sulfonamides is 1. The molecule has 7 nitrogen and oxygen atoms in total. The van der Waals surface area contributed by atoms with Gasteiger partial charge in [0.15, 0.2) is 0 Å². The first-order chi connectivity index (χ1) is 11.9. The number of hydrogen-bond donors (Lipinski definition) is 1. The van der Waals surface area contributed by atoms with Crippen molar-refractivity contribution in [2.45, 2.75) is 17.7 Å². The molecule has 1 aliphatic heterocycles. The van der Waals surface area contributed by atoms with Crippen LogP contribution >= 0.6 is 0 Å². The highest BCUT2D eigenvalue weighted by Gasteiger charge is 2.34. The van der Waals surface area contributed by atoms with E-state index in [9.17, 15) is 17.6 Å². The van der Waals surface area contributed by atoms with E-state index in [-0.39, 0.29) is 29.6 Å². The number of methoxy groups -OCH3 is 2. The zero-order chi connectivity index (χ0) is 18.4. The molecule has 0 spiro atoms. The SMILES string of the molecule is COCCNC(=O)[C@@H]1CCCN(S(=O)(=O)c2cc(F)ccc2OC)C1. The number of nitrogens with zero attached hydrogens (tertiary/aromatic N) is 1. The third-order valence-corrected chi connectivity index (χ3v) is 5.99. The van der Waals surface area contributed by atoms with Crippen LogP contribution in [0.3, 0.4) is 0 Å². The zero-order valence-electron chi connectivity index (χ0n) is 14.3. The van der Waals surface area contributed by atoms with Gasteiger partial charge in [-0.2, -0.15) is 4.31 Å². The van der Waals surface area contributed by atoms with Gasteiger partial charge in [0.2, 0.25) is 15.9 Å². The van der Waals surface area contributed by atoms with Crippen LogP contribution in [0.15, 0.2) is 23.1 Å². The summed E-state index contributed by atoms with van der Waals surface area (Å²) < 4.78 is 50.4. The molecule has 9 heteroatoms. The smallest absolute Gasteiger partial charge is 0.246 e. The highest BCUT2D eigenvalue weighted by atomic mass is 32.2. The number of piperidine rings is 1. The summed E-state index contributed by atoms with van der Waals surface area (Å²) in [5.74, 6) is -1.23. The van der Waals surface area contributed by atoms with Crippen molar-refractivity contribution in [1.82, 2.24) is 9.62 Å². The van der Waals surface area contributed by atoms with Crippen molar-refractivity contribution in [3.8, 4) is 5.75 Å². The molecular formula is C16H23FN2O5S. The van der Waals surface area contributed by atoms with Crippen LogP contribution < -0.4 is 10.1 Å². The fraction of sp³-hybridized carbons (Fsp3) is 0.562. The van der Waals surface area contributed by atoms with Crippen LogP contribution in [0.25, 0.3) is 0 Å². The van der Waals surface area contributed by atoms with E-state index < -0.39 is 21.8 Å². The van der Waals surface area contributed by atoms with Gasteiger partial charge >= 0.3 is 0 Å². The lowest BCUT2D eigenvalue weighted by Crippen LogP contribution is -2.45. The number of benzene rings is 1. The second-order valence-corrected chi connectivity index (χ2v) is 7.69. The van der Waals surface area contributed by atoms with Gasteiger partial charge in [0.05, 0.1) is 19.6 Å². The first-order valence-electron chi connectivity index (χ1n) is 8.00. The Bertz CT molecular complexity index is 710. The fourth-order valence-corrected chi connectivity index (χ4v) is 4.48. The summed E-state index contributed by atoms with van der Waals surface area (Å²) >= 11 is 0. The molecule has 0 aliphatic carbocycles. The van der Waals surface area contributed by atoms with Crippen molar-refractivity contribution in [3.63, 3.8) is 0 Å². The Morgan fingerprint density at radius 3 is 2.84 bits per heavy atom. The predicted octanol–water partition coefficient (Wildman–Crippen LogP) is 0.998. The van der Waals surface area contributed by atoms with Crippen molar-refractivity contribution in [2.75, 3.05) is 40.5 Å². The molecule has 1 amide bonds. The minimum absolute atomic E-state index is 0.0564. The van der Waals surface area contributed by atoms with E-state index in [0.717, 1.165) is 12.1 Å². The van der Waals surface area contributed by atoms with Crippen molar-refractivity contribution >= 4 is 15.9 Å². The van der Waals surface area contributed by atoms with Gasteiger partial charge in [-0.3, -0.25) is 4.79 Å². The molecule has 1 N–H and O–H groups in total. The van der Waals surface area contributed by atoms with Crippen molar-refractivity contribution < 1.29 is 27.1 Å². The average molecular weight is 374 g/mol. The molecule has 0 bridgehead atoms. The molecule has 1 saturated heterocycles. The quantitative estimate of drug-likeness (QED) is 0.720. The van der Waals surface area contributed by atoms with E-state index in [1.54, 1.807) is 0 Å². The van der Waals surface area contributed by atoms with E-state index in [2.05, 4.69) is 5.32 Å². The molecule has 1 heterocycles. The van der Waals surface area contributed by atoms with Crippen LogP contribution in [0.2, 0.25) is 0 Å².